The first-order valence-corrected chi connectivity index (χ1v) is 10.1. The monoisotopic (exact) mass is 427 g/mol. The zero-order valence-electron chi connectivity index (χ0n) is 17.3. The van der Waals surface area contributed by atoms with E-state index in [1.807, 2.05) is 6.92 Å². The van der Waals surface area contributed by atoms with Crippen LogP contribution in [0.15, 0.2) is 48.5 Å². The van der Waals surface area contributed by atoms with Crippen LogP contribution in [0, 0.1) is 10.1 Å². The van der Waals surface area contributed by atoms with Crippen molar-refractivity contribution in [2.75, 3.05) is 26.3 Å². The summed E-state index contributed by atoms with van der Waals surface area (Å²) in [6.07, 6.45) is 1.32. The van der Waals surface area contributed by atoms with E-state index in [1.54, 1.807) is 29.2 Å². The minimum atomic E-state index is -0.497. The molecule has 1 aliphatic heterocycles. The Morgan fingerprint density at radius 1 is 1.03 bits per heavy atom. The van der Waals surface area contributed by atoms with E-state index >= 15 is 0 Å². The van der Waals surface area contributed by atoms with Crippen molar-refractivity contribution in [3.05, 3.63) is 64.2 Å². The lowest BCUT2D eigenvalue weighted by Gasteiger charge is -2.32. The third-order valence-corrected chi connectivity index (χ3v) is 4.98. The Hall–Kier alpha value is -3.62. The van der Waals surface area contributed by atoms with Gasteiger partial charge in [-0.25, -0.2) is 0 Å². The molecule has 2 aromatic rings. The van der Waals surface area contributed by atoms with Crippen LogP contribution in [-0.2, 0) is 4.79 Å². The zero-order chi connectivity index (χ0) is 22.2. The lowest BCUT2D eigenvalue weighted by molar-refractivity contribution is -0.384. The molecule has 0 atom stereocenters. The van der Waals surface area contributed by atoms with E-state index in [-0.39, 0.29) is 30.2 Å². The van der Waals surface area contributed by atoms with Gasteiger partial charge in [-0.2, -0.15) is 0 Å². The maximum absolute atomic E-state index is 12.7. The lowest BCUT2D eigenvalue weighted by atomic mass is 10.0. The van der Waals surface area contributed by atoms with Gasteiger partial charge >= 0.3 is 0 Å². The Balaban J connectivity index is 1.41. The quantitative estimate of drug-likeness (QED) is 0.512. The zero-order valence-corrected chi connectivity index (χ0v) is 17.3. The van der Waals surface area contributed by atoms with Crippen LogP contribution in [0.5, 0.6) is 11.5 Å². The number of nitrogens with zero attached hydrogens (tertiary/aromatic N) is 2. The summed E-state index contributed by atoms with van der Waals surface area (Å²) in [6, 6.07) is 12.6. The van der Waals surface area contributed by atoms with Crippen LogP contribution in [0.1, 0.15) is 30.1 Å². The summed E-state index contributed by atoms with van der Waals surface area (Å²) >= 11 is 0. The second kappa shape index (κ2) is 10.4. The highest BCUT2D eigenvalue weighted by atomic mass is 16.6. The van der Waals surface area contributed by atoms with Crippen LogP contribution in [0.3, 0.4) is 0 Å². The van der Waals surface area contributed by atoms with Crippen molar-refractivity contribution in [2.24, 2.45) is 0 Å². The minimum absolute atomic E-state index is 0.0302. The van der Waals surface area contributed by atoms with Crippen molar-refractivity contribution < 1.29 is 24.0 Å². The third-order valence-electron chi connectivity index (χ3n) is 4.98. The Morgan fingerprint density at radius 2 is 1.61 bits per heavy atom. The average molecular weight is 427 g/mol. The van der Waals surface area contributed by atoms with Crippen LogP contribution >= 0.6 is 0 Å². The fourth-order valence-electron chi connectivity index (χ4n) is 3.35. The fraction of sp³-hybridized carbons (Fsp3) is 0.364. The van der Waals surface area contributed by atoms with E-state index in [0.29, 0.717) is 43.9 Å². The summed E-state index contributed by atoms with van der Waals surface area (Å²) in [5, 5.41) is 13.6. The van der Waals surface area contributed by atoms with Gasteiger partial charge in [-0.1, -0.05) is 0 Å². The number of benzene rings is 2. The van der Waals surface area contributed by atoms with Crippen LogP contribution in [0.4, 0.5) is 5.69 Å². The number of ether oxygens (including phenoxy) is 2. The molecule has 0 aromatic heterocycles. The number of nitro benzene ring substituents is 1. The Bertz CT molecular complexity index is 906. The van der Waals surface area contributed by atoms with E-state index in [0.717, 1.165) is 5.75 Å². The normalized spacial score (nSPS) is 14.0. The van der Waals surface area contributed by atoms with Gasteiger partial charge in [0.05, 0.1) is 11.5 Å². The van der Waals surface area contributed by atoms with Gasteiger partial charge in [0.15, 0.2) is 6.61 Å². The van der Waals surface area contributed by atoms with Crippen LogP contribution in [-0.4, -0.2) is 54.0 Å². The summed E-state index contributed by atoms with van der Waals surface area (Å²) in [7, 11) is 0. The fourth-order valence-corrected chi connectivity index (χ4v) is 3.35. The first-order valence-electron chi connectivity index (χ1n) is 10.1. The van der Waals surface area contributed by atoms with Gasteiger partial charge in [-0.05, 0) is 56.2 Å². The van der Waals surface area contributed by atoms with Gasteiger partial charge in [-0.3, -0.25) is 19.7 Å². The van der Waals surface area contributed by atoms with Crippen molar-refractivity contribution in [3.63, 3.8) is 0 Å². The number of likely N-dealkylation sites (tertiary alicyclic amines) is 1. The summed E-state index contributed by atoms with van der Waals surface area (Å²) in [5.41, 5.74) is 0.575. The largest absolute Gasteiger partial charge is 0.494 e. The van der Waals surface area contributed by atoms with E-state index in [9.17, 15) is 19.7 Å². The second-order valence-electron chi connectivity index (χ2n) is 7.13. The molecule has 0 aliphatic carbocycles. The number of piperidine rings is 1. The molecule has 1 aliphatic rings. The molecule has 31 heavy (non-hydrogen) atoms. The second-order valence-corrected chi connectivity index (χ2v) is 7.13. The van der Waals surface area contributed by atoms with Crippen molar-refractivity contribution in [1.29, 1.82) is 0 Å². The molecule has 0 spiro atoms. The molecule has 2 amide bonds. The molecule has 1 saturated heterocycles. The smallest absolute Gasteiger partial charge is 0.269 e. The third kappa shape index (κ3) is 6.18. The molecule has 9 heteroatoms. The predicted octanol–water partition coefficient (Wildman–Crippen LogP) is 2.79. The average Bonchev–Trinajstić information content (AvgIpc) is 2.79. The van der Waals surface area contributed by atoms with Crippen LogP contribution in [0.25, 0.3) is 0 Å². The minimum Gasteiger partial charge on any atom is -0.494 e. The molecule has 2 aromatic carbocycles. The van der Waals surface area contributed by atoms with Gasteiger partial charge < -0.3 is 19.7 Å². The standard InChI is InChI=1S/C22H25N3O6/c1-2-30-19-7-3-16(4-8-19)22(27)24-13-11-17(12-14-24)23-21(26)15-31-20-9-5-18(6-10-20)25(28)29/h3-10,17H,2,11-15H2,1H3,(H,23,26). The van der Waals surface area contributed by atoms with Crippen molar-refractivity contribution in [2.45, 2.75) is 25.8 Å². The molecule has 0 bridgehead atoms. The Morgan fingerprint density at radius 3 is 2.19 bits per heavy atom. The molecule has 164 valence electrons. The lowest BCUT2D eigenvalue weighted by Crippen LogP contribution is -2.47. The number of hydrogen-bond acceptors (Lipinski definition) is 6. The summed E-state index contributed by atoms with van der Waals surface area (Å²) in [4.78, 5) is 36.7. The molecule has 1 fully saturated rings. The molecule has 0 unspecified atom stereocenters. The SMILES string of the molecule is CCOc1ccc(C(=O)N2CCC(NC(=O)COc3ccc([N+](=O)[O-])cc3)CC2)cc1. The number of non-ortho nitro benzene ring substituents is 1. The summed E-state index contributed by atoms with van der Waals surface area (Å²) < 4.78 is 10.8. The van der Waals surface area contributed by atoms with Crippen LogP contribution in [0.2, 0.25) is 0 Å². The Labute approximate surface area is 180 Å². The number of nitro groups is 1. The van der Waals surface area contributed by atoms with Crippen LogP contribution < -0.4 is 14.8 Å². The number of hydrogen-bond donors (Lipinski definition) is 1. The van der Waals surface area contributed by atoms with Crippen molar-refractivity contribution >= 4 is 17.5 Å². The highest BCUT2D eigenvalue weighted by Crippen LogP contribution is 2.18. The molecule has 0 radical (unpaired) electrons. The Kier molecular flexibility index (Phi) is 7.42. The molecule has 0 saturated carbocycles. The predicted molar refractivity (Wildman–Crippen MR) is 113 cm³/mol. The maximum Gasteiger partial charge on any atom is 0.269 e. The van der Waals surface area contributed by atoms with Gasteiger partial charge in [0.1, 0.15) is 11.5 Å². The number of rotatable bonds is 8. The molecule has 1 N–H and O–H groups in total. The summed E-state index contributed by atoms with van der Waals surface area (Å²) in [6.45, 7) is 3.42. The van der Waals surface area contributed by atoms with Gasteiger partial charge in [0, 0.05) is 36.8 Å². The molecular weight excluding hydrogens is 402 g/mol. The number of carbonyl (C=O) groups excluding carboxylic acids is 2. The topological polar surface area (TPSA) is 111 Å². The number of nitrogens with one attached hydrogen (secondary N) is 1. The maximum atomic E-state index is 12.7. The molecular formula is C22H25N3O6. The van der Waals surface area contributed by atoms with E-state index in [4.69, 9.17) is 9.47 Å². The van der Waals surface area contributed by atoms with Crippen molar-refractivity contribution in [3.8, 4) is 11.5 Å². The van der Waals surface area contributed by atoms with Crippen molar-refractivity contribution in [1.82, 2.24) is 10.2 Å². The molecule has 9 nitrogen and oxygen atoms in total. The molecule has 1 heterocycles. The number of amides is 2. The van der Waals surface area contributed by atoms with E-state index in [2.05, 4.69) is 5.32 Å². The number of carbonyl (C=O) groups is 2. The van der Waals surface area contributed by atoms with E-state index < -0.39 is 4.92 Å². The summed E-state index contributed by atoms with van der Waals surface area (Å²) in [5.74, 6) is 0.817. The van der Waals surface area contributed by atoms with Gasteiger partial charge in [0.25, 0.3) is 17.5 Å². The highest BCUT2D eigenvalue weighted by molar-refractivity contribution is 5.94. The van der Waals surface area contributed by atoms with Gasteiger partial charge in [-0.15, -0.1) is 0 Å². The first kappa shape index (κ1) is 22.1. The van der Waals surface area contributed by atoms with Gasteiger partial charge in [0.2, 0.25) is 0 Å². The van der Waals surface area contributed by atoms with E-state index in [1.165, 1.54) is 24.3 Å². The molecule has 3 rings (SSSR count). The first-order chi connectivity index (χ1) is 15.0. The highest BCUT2D eigenvalue weighted by Gasteiger charge is 2.24.